The second-order valence-corrected chi connectivity index (χ2v) is 3.10. The molecular formula is C8H13N3O. The van der Waals surface area contributed by atoms with Gasteiger partial charge in [-0.2, -0.15) is 0 Å². The van der Waals surface area contributed by atoms with Crippen molar-refractivity contribution in [2.75, 3.05) is 0 Å². The molecule has 1 aromatic rings. The molecule has 0 aromatic carbocycles. The van der Waals surface area contributed by atoms with Crippen LogP contribution >= 0.6 is 0 Å². The summed E-state index contributed by atoms with van der Waals surface area (Å²) in [7, 11) is 0. The maximum absolute atomic E-state index is 5.33. The lowest BCUT2D eigenvalue weighted by Crippen LogP contribution is -2.15. The van der Waals surface area contributed by atoms with E-state index in [-0.39, 0.29) is 0 Å². The Balaban J connectivity index is 1.84. The van der Waals surface area contributed by atoms with Crippen molar-refractivity contribution < 1.29 is 4.42 Å². The third kappa shape index (κ3) is 1.82. The molecule has 0 bridgehead atoms. The summed E-state index contributed by atoms with van der Waals surface area (Å²) >= 11 is 0. The third-order valence-corrected chi connectivity index (χ3v) is 1.93. The van der Waals surface area contributed by atoms with Crippen LogP contribution in [0, 0.1) is 0 Å². The molecule has 0 saturated heterocycles. The van der Waals surface area contributed by atoms with E-state index in [1.54, 1.807) is 0 Å². The Kier molecular flexibility index (Phi) is 2.08. The van der Waals surface area contributed by atoms with Gasteiger partial charge in [0.1, 0.15) is 0 Å². The summed E-state index contributed by atoms with van der Waals surface area (Å²) in [4.78, 5) is 0. The highest BCUT2D eigenvalue weighted by molar-refractivity contribution is 4.85. The van der Waals surface area contributed by atoms with Crippen LogP contribution < -0.4 is 5.32 Å². The van der Waals surface area contributed by atoms with Crippen LogP contribution in [0.3, 0.4) is 0 Å². The van der Waals surface area contributed by atoms with Crippen LogP contribution in [-0.2, 0) is 13.0 Å². The van der Waals surface area contributed by atoms with E-state index in [1.807, 2.05) is 6.92 Å². The van der Waals surface area contributed by atoms with E-state index in [0.717, 1.165) is 18.9 Å². The van der Waals surface area contributed by atoms with Crippen LogP contribution in [0.4, 0.5) is 0 Å². The fraction of sp³-hybridized carbons (Fsp3) is 0.750. The number of rotatable bonds is 4. The minimum atomic E-state index is 0.696. The van der Waals surface area contributed by atoms with E-state index in [2.05, 4.69) is 15.5 Å². The minimum Gasteiger partial charge on any atom is -0.424 e. The fourth-order valence-corrected chi connectivity index (χ4v) is 1.02. The monoisotopic (exact) mass is 167 g/mol. The Morgan fingerprint density at radius 1 is 1.42 bits per heavy atom. The first kappa shape index (κ1) is 7.73. The maximum Gasteiger partial charge on any atom is 0.230 e. The predicted molar refractivity (Wildman–Crippen MR) is 43.5 cm³/mol. The number of hydrogen-bond acceptors (Lipinski definition) is 4. The molecule has 1 aromatic heterocycles. The molecule has 0 amide bonds. The zero-order chi connectivity index (χ0) is 8.39. The standard InChI is InChI=1S/C8H13N3O/c1-2-7-10-11-8(12-7)5-9-6-3-4-6/h6,9H,2-5H2,1H3. The van der Waals surface area contributed by atoms with Gasteiger partial charge in [0.15, 0.2) is 0 Å². The van der Waals surface area contributed by atoms with Gasteiger partial charge in [0.25, 0.3) is 0 Å². The van der Waals surface area contributed by atoms with Crippen molar-refractivity contribution >= 4 is 0 Å². The Morgan fingerprint density at radius 2 is 2.17 bits per heavy atom. The Hall–Kier alpha value is -0.900. The molecule has 4 nitrogen and oxygen atoms in total. The van der Waals surface area contributed by atoms with Gasteiger partial charge in [0.05, 0.1) is 6.54 Å². The maximum atomic E-state index is 5.33. The smallest absolute Gasteiger partial charge is 0.230 e. The van der Waals surface area contributed by atoms with Crippen molar-refractivity contribution in [2.45, 2.75) is 38.8 Å². The lowest BCUT2D eigenvalue weighted by molar-refractivity contribution is 0.435. The lowest BCUT2D eigenvalue weighted by Gasteiger charge is -1.94. The molecule has 12 heavy (non-hydrogen) atoms. The molecule has 66 valence electrons. The Labute approximate surface area is 71.4 Å². The molecule has 4 heteroatoms. The topological polar surface area (TPSA) is 51.0 Å². The average Bonchev–Trinajstić information content (AvgIpc) is 2.81. The van der Waals surface area contributed by atoms with Gasteiger partial charge in [-0.05, 0) is 12.8 Å². The SMILES string of the molecule is CCc1nnc(CNC2CC2)o1. The van der Waals surface area contributed by atoms with E-state index in [9.17, 15) is 0 Å². The molecule has 0 aliphatic heterocycles. The molecule has 1 fully saturated rings. The molecule has 0 unspecified atom stereocenters. The fourth-order valence-electron chi connectivity index (χ4n) is 1.02. The molecule has 1 heterocycles. The second kappa shape index (κ2) is 3.23. The zero-order valence-corrected chi connectivity index (χ0v) is 7.21. The van der Waals surface area contributed by atoms with Crippen molar-refractivity contribution in [3.05, 3.63) is 11.8 Å². The van der Waals surface area contributed by atoms with Crippen molar-refractivity contribution in [1.82, 2.24) is 15.5 Å². The van der Waals surface area contributed by atoms with E-state index in [1.165, 1.54) is 12.8 Å². The van der Waals surface area contributed by atoms with Crippen molar-refractivity contribution in [3.63, 3.8) is 0 Å². The summed E-state index contributed by atoms with van der Waals surface area (Å²) in [5.41, 5.74) is 0. The summed E-state index contributed by atoms with van der Waals surface area (Å²) in [6, 6.07) is 0.696. The highest BCUT2D eigenvalue weighted by Gasteiger charge is 2.20. The lowest BCUT2D eigenvalue weighted by atomic mass is 10.5. The second-order valence-electron chi connectivity index (χ2n) is 3.10. The number of nitrogens with one attached hydrogen (secondary N) is 1. The van der Waals surface area contributed by atoms with Crippen LogP contribution in [-0.4, -0.2) is 16.2 Å². The van der Waals surface area contributed by atoms with Crippen LogP contribution in [0.2, 0.25) is 0 Å². The Bertz CT molecular complexity index is 255. The number of nitrogens with zero attached hydrogens (tertiary/aromatic N) is 2. The van der Waals surface area contributed by atoms with Crippen LogP contribution in [0.15, 0.2) is 4.42 Å². The van der Waals surface area contributed by atoms with Gasteiger partial charge in [-0.25, -0.2) is 0 Å². The van der Waals surface area contributed by atoms with E-state index in [4.69, 9.17) is 4.42 Å². The summed E-state index contributed by atoms with van der Waals surface area (Å²) in [6.45, 7) is 2.73. The van der Waals surface area contributed by atoms with Gasteiger partial charge < -0.3 is 9.73 Å². The largest absolute Gasteiger partial charge is 0.424 e. The summed E-state index contributed by atoms with van der Waals surface area (Å²) < 4.78 is 5.33. The first-order valence-corrected chi connectivity index (χ1v) is 4.43. The van der Waals surface area contributed by atoms with Crippen LogP contribution in [0.5, 0.6) is 0 Å². The normalized spacial score (nSPS) is 16.8. The molecule has 1 aliphatic rings. The van der Waals surface area contributed by atoms with E-state index >= 15 is 0 Å². The van der Waals surface area contributed by atoms with Gasteiger partial charge in [0, 0.05) is 12.5 Å². The van der Waals surface area contributed by atoms with Gasteiger partial charge in [-0.1, -0.05) is 6.92 Å². The Morgan fingerprint density at radius 3 is 2.75 bits per heavy atom. The summed E-state index contributed by atoms with van der Waals surface area (Å²) in [5.74, 6) is 1.43. The van der Waals surface area contributed by atoms with E-state index in [0.29, 0.717) is 11.9 Å². The summed E-state index contributed by atoms with van der Waals surface area (Å²) in [6.07, 6.45) is 3.39. The number of hydrogen-bond donors (Lipinski definition) is 1. The molecule has 0 atom stereocenters. The minimum absolute atomic E-state index is 0.696. The zero-order valence-electron chi connectivity index (χ0n) is 7.21. The van der Waals surface area contributed by atoms with Crippen molar-refractivity contribution in [1.29, 1.82) is 0 Å². The van der Waals surface area contributed by atoms with Crippen LogP contribution in [0.25, 0.3) is 0 Å². The van der Waals surface area contributed by atoms with E-state index < -0.39 is 0 Å². The average molecular weight is 167 g/mol. The van der Waals surface area contributed by atoms with Gasteiger partial charge in [-0.15, -0.1) is 10.2 Å². The van der Waals surface area contributed by atoms with Crippen LogP contribution in [0.1, 0.15) is 31.5 Å². The number of aromatic nitrogens is 2. The first-order valence-electron chi connectivity index (χ1n) is 4.43. The predicted octanol–water partition coefficient (Wildman–Crippen LogP) is 0.884. The molecule has 1 N–H and O–H groups in total. The highest BCUT2D eigenvalue weighted by Crippen LogP contribution is 2.18. The van der Waals surface area contributed by atoms with Crippen molar-refractivity contribution in [3.8, 4) is 0 Å². The molecule has 1 saturated carbocycles. The van der Waals surface area contributed by atoms with Gasteiger partial charge in [-0.3, -0.25) is 0 Å². The summed E-state index contributed by atoms with van der Waals surface area (Å²) in [5, 5.41) is 11.1. The third-order valence-electron chi connectivity index (χ3n) is 1.93. The number of aryl methyl sites for hydroxylation is 1. The highest BCUT2D eigenvalue weighted by atomic mass is 16.4. The molecule has 0 radical (unpaired) electrons. The molecule has 1 aliphatic carbocycles. The molecule has 2 rings (SSSR count). The molecular weight excluding hydrogens is 154 g/mol. The molecule has 0 spiro atoms. The van der Waals surface area contributed by atoms with Crippen molar-refractivity contribution in [2.24, 2.45) is 0 Å². The van der Waals surface area contributed by atoms with Gasteiger partial charge >= 0.3 is 0 Å². The quantitative estimate of drug-likeness (QED) is 0.723. The van der Waals surface area contributed by atoms with Gasteiger partial charge in [0.2, 0.25) is 11.8 Å². The first-order chi connectivity index (χ1) is 5.88.